The molecule has 28 heavy (non-hydrogen) atoms. The highest BCUT2D eigenvalue weighted by atomic mass is 35.5. The maximum Gasteiger partial charge on any atom is 0.573 e. The standard InChI is InChI=1S/C15H9ClF5NO5S/c1-28(24,25)22-14(23)8-5-11(18)13(6-10(8)17)26-7-2-3-9(16)12(4-7)27-15(19,20)21/h2-6H,1H3,(H,22,23). The van der Waals surface area contributed by atoms with Gasteiger partial charge in [-0.2, -0.15) is 0 Å². The predicted octanol–water partition coefficient (Wildman–Crippen LogP) is 4.00. The van der Waals surface area contributed by atoms with Crippen molar-refractivity contribution in [3.63, 3.8) is 0 Å². The number of amides is 1. The van der Waals surface area contributed by atoms with Crippen molar-refractivity contribution in [3.8, 4) is 17.2 Å². The number of benzene rings is 2. The molecule has 2 aromatic rings. The van der Waals surface area contributed by atoms with Crippen LogP contribution in [0.1, 0.15) is 10.4 Å². The lowest BCUT2D eigenvalue weighted by Gasteiger charge is -2.13. The SMILES string of the molecule is CS(=O)(=O)NC(=O)c1cc(F)c(Oc2ccc(Cl)c(OC(F)(F)F)c2)cc1F. The quantitative estimate of drug-likeness (QED) is 0.704. The summed E-state index contributed by atoms with van der Waals surface area (Å²) in [6, 6.07) is 3.52. The zero-order valence-electron chi connectivity index (χ0n) is 13.6. The van der Waals surface area contributed by atoms with E-state index in [1.54, 1.807) is 0 Å². The molecule has 0 saturated heterocycles. The van der Waals surface area contributed by atoms with Crippen molar-refractivity contribution in [1.82, 2.24) is 4.72 Å². The summed E-state index contributed by atoms with van der Waals surface area (Å²) < 4.78 is 97.2. The van der Waals surface area contributed by atoms with Gasteiger partial charge in [-0.15, -0.1) is 13.2 Å². The first-order valence-corrected chi connectivity index (χ1v) is 9.26. The second kappa shape index (κ2) is 7.80. The van der Waals surface area contributed by atoms with Crippen molar-refractivity contribution < 1.29 is 44.6 Å². The van der Waals surface area contributed by atoms with Gasteiger partial charge in [-0.25, -0.2) is 21.9 Å². The van der Waals surface area contributed by atoms with Crippen LogP contribution in [0.15, 0.2) is 30.3 Å². The molecule has 2 aromatic carbocycles. The number of ether oxygens (including phenoxy) is 2. The van der Waals surface area contributed by atoms with E-state index in [0.29, 0.717) is 24.5 Å². The molecule has 13 heteroatoms. The van der Waals surface area contributed by atoms with Crippen molar-refractivity contribution >= 4 is 27.5 Å². The Hall–Kier alpha value is -2.60. The first-order chi connectivity index (χ1) is 12.7. The van der Waals surface area contributed by atoms with Gasteiger partial charge in [-0.05, 0) is 18.2 Å². The van der Waals surface area contributed by atoms with Gasteiger partial charge in [0.15, 0.2) is 17.3 Å². The third kappa shape index (κ3) is 5.96. The van der Waals surface area contributed by atoms with Crippen LogP contribution >= 0.6 is 11.6 Å². The van der Waals surface area contributed by atoms with E-state index in [9.17, 15) is 35.2 Å². The van der Waals surface area contributed by atoms with Crippen LogP contribution in [-0.2, 0) is 10.0 Å². The summed E-state index contributed by atoms with van der Waals surface area (Å²) in [6.45, 7) is 0. The Morgan fingerprint density at radius 2 is 1.71 bits per heavy atom. The van der Waals surface area contributed by atoms with Crippen molar-refractivity contribution in [3.05, 3.63) is 52.6 Å². The molecular formula is C15H9ClF5NO5S. The molecular weight excluding hydrogens is 437 g/mol. The number of nitrogens with one attached hydrogen (secondary N) is 1. The van der Waals surface area contributed by atoms with E-state index in [2.05, 4.69) is 4.74 Å². The monoisotopic (exact) mass is 445 g/mol. The number of rotatable bonds is 5. The van der Waals surface area contributed by atoms with E-state index in [1.165, 1.54) is 4.72 Å². The van der Waals surface area contributed by atoms with Gasteiger partial charge in [-0.1, -0.05) is 11.6 Å². The molecule has 0 aliphatic carbocycles. The van der Waals surface area contributed by atoms with Crippen LogP contribution in [0.4, 0.5) is 22.0 Å². The zero-order chi connectivity index (χ0) is 21.3. The summed E-state index contributed by atoms with van der Waals surface area (Å²) in [4.78, 5) is 11.6. The van der Waals surface area contributed by atoms with Gasteiger partial charge in [-0.3, -0.25) is 4.79 Å². The first-order valence-electron chi connectivity index (χ1n) is 6.99. The fourth-order valence-corrected chi connectivity index (χ4v) is 2.48. The number of sulfonamides is 1. The predicted molar refractivity (Wildman–Crippen MR) is 86.9 cm³/mol. The molecule has 0 bridgehead atoms. The molecule has 152 valence electrons. The second-order valence-corrected chi connectivity index (χ2v) is 7.36. The molecule has 0 fully saturated rings. The van der Waals surface area contributed by atoms with Crippen LogP contribution in [0.25, 0.3) is 0 Å². The average molecular weight is 446 g/mol. The largest absolute Gasteiger partial charge is 0.573 e. The zero-order valence-corrected chi connectivity index (χ0v) is 15.2. The third-order valence-electron chi connectivity index (χ3n) is 2.90. The summed E-state index contributed by atoms with van der Waals surface area (Å²) in [6.07, 6.45) is -4.41. The van der Waals surface area contributed by atoms with Gasteiger partial charge in [0.1, 0.15) is 11.6 Å². The summed E-state index contributed by atoms with van der Waals surface area (Å²) in [5.74, 6) is -6.04. The average Bonchev–Trinajstić information content (AvgIpc) is 2.50. The van der Waals surface area contributed by atoms with E-state index in [1.807, 2.05) is 0 Å². The van der Waals surface area contributed by atoms with E-state index in [4.69, 9.17) is 16.3 Å². The Bertz CT molecular complexity index is 1030. The lowest BCUT2D eigenvalue weighted by Crippen LogP contribution is -2.30. The molecule has 0 radical (unpaired) electrons. The molecule has 0 spiro atoms. The smallest absolute Gasteiger partial charge is 0.454 e. The molecule has 0 aliphatic rings. The Balaban J connectivity index is 2.32. The van der Waals surface area contributed by atoms with Crippen LogP contribution in [0.2, 0.25) is 5.02 Å². The third-order valence-corrected chi connectivity index (χ3v) is 3.77. The first kappa shape index (κ1) is 21.7. The highest BCUT2D eigenvalue weighted by Gasteiger charge is 2.32. The number of carbonyl (C=O) groups excluding carboxylic acids is 1. The van der Waals surface area contributed by atoms with Crippen molar-refractivity contribution in [2.75, 3.05) is 6.26 Å². The molecule has 0 heterocycles. The molecule has 0 aliphatic heterocycles. The van der Waals surface area contributed by atoms with E-state index in [-0.39, 0.29) is 5.75 Å². The van der Waals surface area contributed by atoms with Crippen LogP contribution in [-0.4, -0.2) is 26.9 Å². The molecule has 0 saturated carbocycles. The fraction of sp³-hybridized carbons (Fsp3) is 0.133. The van der Waals surface area contributed by atoms with Crippen LogP contribution in [0, 0.1) is 11.6 Å². The minimum atomic E-state index is -5.05. The maximum atomic E-state index is 14.1. The second-order valence-electron chi connectivity index (χ2n) is 5.21. The minimum Gasteiger partial charge on any atom is -0.454 e. The molecule has 0 atom stereocenters. The molecule has 0 unspecified atom stereocenters. The minimum absolute atomic E-state index is 0.369. The highest BCUT2D eigenvalue weighted by molar-refractivity contribution is 7.89. The van der Waals surface area contributed by atoms with Crippen LogP contribution in [0.3, 0.4) is 0 Å². The number of carbonyl (C=O) groups is 1. The number of hydrogen-bond acceptors (Lipinski definition) is 5. The molecule has 1 N–H and O–H groups in total. The lowest BCUT2D eigenvalue weighted by atomic mass is 10.2. The highest BCUT2D eigenvalue weighted by Crippen LogP contribution is 2.35. The Labute approximate surface area is 159 Å². The van der Waals surface area contributed by atoms with E-state index < -0.39 is 56.0 Å². The van der Waals surface area contributed by atoms with Gasteiger partial charge < -0.3 is 9.47 Å². The summed E-state index contributed by atoms with van der Waals surface area (Å²) >= 11 is 5.56. The van der Waals surface area contributed by atoms with Gasteiger partial charge in [0, 0.05) is 12.1 Å². The Morgan fingerprint density at radius 3 is 2.29 bits per heavy atom. The molecule has 0 aromatic heterocycles. The number of hydrogen-bond donors (Lipinski definition) is 1. The molecule has 6 nitrogen and oxygen atoms in total. The Morgan fingerprint density at radius 1 is 1.07 bits per heavy atom. The van der Waals surface area contributed by atoms with Gasteiger partial charge in [0.25, 0.3) is 5.91 Å². The summed E-state index contributed by atoms with van der Waals surface area (Å²) in [7, 11) is -4.02. The van der Waals surface area contributed by atoms with Gasteiger partial charge >= 0.3 is 6.36 Å². The maximum absolute atomic E-state index is 14.1. The van der Waals surface area contributed by atoms with Gasteiger partial charge in [0.2, 0.25) is 10.0 Å². The van der Waals surface area contributed by atoms with Crippen LogP contribution in [0.5, 0.6) is 17.2 Å². The number of alkyl halides is 3. The van der Waals surface area contributed by atoms with Crippen molar-refractivity contribution in [2.45, 2.75) is 6.36 Å². The van der Waals surface area contributed by atoms with Crippen molar-refractivity contribution in [1.29, 1.82) is 0 Å². The lowest BCUT2D eigenvalue weighted by molar-refractivity contribution is -0.274. The summed E-state index contributed by atoms with van der Waals surface area (Å²) in [5, 5.41) is -0.413. The summed E-state index contributed by atoms with van der Waals surface area (Å²) in [5.41, 5.74) is -0.924. The van der Waals surface area contributed by atoms with Crippen molar-refractivity contribution in [2.24, 2.45) is 0 Å². The van der Waals surface area contributed by atoms with E-state index >= 15 is 0 Å². The number of halogens is 6. The molecule has 1 amide bonds. The van der Waals surface area contributed by atoms with Crippen LogP contribution < -0.4 is 14.2 Å². The molecule has 2 rings (SSSR count). The Kier molecular flexibility index (Phi) is 6.04. The fourth-order valence-electron chi connectivity index (χ4n) is 1.88. The van der Waals surface area contributed by atoms with E-state index in [0.717, 1.165) is 12.1 Å². The topological polar surface area (TPSA) is 81.7 Å². The normalized spacial score (nSPS) is 11.8. The van der Waals surface area contributed by atoms with Gasteiger partial charge in [0.05, 0.1) is 16.8 Å².